The summed E-state index contributed by atoms with van der Waals surface area (Å²) in [6, 6.07) is 1.95. The second-order valence-electron chi connectivity index (χ2n) is 3.26. The largest absolute Gasteiger partial charge is 0.463 e. The Morgan fingerprint density at radius 1 is 1.44 bits per heavy atom. The highest BCUT2D eigenvalue weighted by Gasteiger charge is 2.08. The summed E-state index contributed by atoms with van der Waals surface area (Å²) in [5, 5.41) is 4.02. The van der Waals surface area contributed by atoms with Crippen LogP contribution >= 0.6 is 0 Å². The Balaban J connectivity index is 2.24. The minimum absolute atomic E-state index is 0.185. The van der Waals surface area contributed by atoms with Crippen LogP contribution in [-0.4, -0.2) is 31.3 Å². The van der Waals surface area contributed by atoms with Gasteiger partial charge in [-0.1, -0.05) is 6.08 Å². The summed E-state index contributed by atoms with van der Waals surface area (Å²) in [7, 11) is 0. The Morgan fingerprint density at radius 2 is 2.33 bits per heavy atom. The van der Waals surface area contributed by atoms with Gasteiger partial charge < -0.3 is 4.74 Å². The maximum atomic E-state index is 5.36. The van der Waals surface area contributed by atoms with Crippen molar-refractivity contribution >= 4 is 5.95 Å². The Kier molecular flexibility index (Phi) is 3.82. The second kappa shape index (κ2) is 5.73. The molecule has 2 heterocycles. The van der Waals surface area contributed by atoms with E-state index in [1.54, 1.807) is 24.5 Å². The molecule has 0 saturated carbocycles. The Labute approximate surface area is 103 Å². The molecule has 0 atom stereocenters. The summed E-state index contributed by atoms with van der Waals surface area (Å²) in [6.07, 6.45) is 5.78. The molecule has 0 amide bonds. The van der Waals surface area contributed by atoms with Crippen molar-refractivity contribution in [1.29, 1.82) is 0 Å². The highest BCUT2D eigenvalue weighted by atomic mass is 16.5. The van der Waals surface area contributed by atoms with Crippen LogP contribution in [0.5, 0.6) is 6.01 Å². The van der Waals surface area contributed by atoms with Crippen LogP contribution in [0.25, 0.3) is 5.95 Å². The van der Waals surface area contributed by atoms with Gasteiger partial charge in [-0.2, -0.15) is 20.1 Å². The number of aromatic nitrogens is 5. The van der Waals surface area contributed by atoms with Crippen molar-refractivity contribution in [2.24, 2.45) is 5.84 Å². The van der Waals surface area contributed by atoms with E-state index in [-0.39, 0.29) is 12.0 Å². The lowest BCUT2D eigenvalue weighted by Gasteiger charge is -2.06. The van der Waals surface area contributed by atoms with Crippen molar-refractivity contribution in [2.75, 3.05) is 12.0 Å². The fourth-order valence-electron chi connectivity index (χ4n) is 1.20. The Hall–Kier alpha value is -2.48. The van der Waals surface area contributed by atoms with Crippen molar-refractivity contribution in [3.8, 4) is 12.0 Å². The first-order valence-corrected chi connectivity index (χ1v) is 5.30. The fourth-order valence-corrected chi connectivity index (χ4v) is 1.20. The van der Waals surface area contributed by atoms with E-state index in [9.17, 15) is 0 Å². The van der Waals surface area contributed by atoms with Crippen molar-refractivity contribution in [1.82, 2.24) is 24.7 Å². The van der Waals surface area contributed by atoms with E-state index in [1.165, 1.54) is 4.68 Å². The van der Waals surface area contributed by atoms with Gasteiger partial charge >= 0.3 is 6.01 Å². The van der Waals surface area contributed by atoms with E-state index in [0.717, 1.165) is 0 Å². The molecule has 0 bridgehead atoms. The third kappa shape index (κ3) is 2.80. The third-order valence-corrected chi connectivity index (χ3v) is 1.99. The lowest BCUT2D eigenvalue weighted by molar-refractivity contribution is 0.297. The van der Waals surface area contributed by atoms with Gasteiger partial charge in [-0.15, -0.1) is 6.58 Å². The van der Waals surface area contributed by atoms with Gasteiger partial charge in [0.05, 0.1) is 6.61 Å². The molecule has 2 rings (SSSR count). The minimum Gasteiger partial charge on any atom is -0.463 e. The molecule has 0 aliphatic heterocycles. The molecule has 2 aromatic heterocycles. The number of anilines is 1. The maximum Gasteiger partial charge on any atom is 0.323 e. The molecule has 0 aliphatic rings. The average Bonchev–Trinajstić information content (AvgIpc) is 2.92. The molecule has 0 spiro atoms. The van der Waals surface area contributed by atoms with Gasteiger partial charge in [0.2, 0.25) is 5.95 Å². The average molecular weight is 247 g/mol. The van der Waals surface area contributed by atoms with E-state index >= 15 is 0 Å². The van der Waals surface area contributed by atoms with Gasteiger partial charge in [0, 0.05) is 12.4 Å². The first kappa shape index (κ1) is 12.0. The number of hydrogen-bond acceptors (Lipinski definition) is 7. The van der Waals surface area contributed by atoms with Crippen LogP contribution in [0.1, 0.15) is 6.42 Å². The molecule has 0 unspecified atom stereocenters. The molecule has 0 aliphatic carbocycles. The van der Waals surface area contributed by atoms with Crippen molar-refractivity contribution in [2.45, 2.75) is 6.42 Å². The Morgan fingerprint density at radius 3 is 3.00 bits per heavy atom. The number of nitrogen functional groups attached to an aromatic ring is 1. The number of nitrogens with one attached hydrogen (secondary N) is 1. The number of hydrazine groups is 1. The molecule has 8 heteroatoms. The molecule has 0 radical (unpaired) electrons. The van der Waals surface area contributed by atoms with Gasteiger partial charge in [0.1, 0.15) is 0 Å². The van der Waals surface area contributed by atoms with Gasteiger partial charge in [-0.05, 0) is 12.5 Å². The number of hydrogen-bond donors (Lipinski definition) is 2. The van der Waals surface area contributed by atoms with Crippen LogP contribution in [0.3, 0.4) is 0 Å². The summed E-state index contributed by atoms with van der Waals surface area (Å²) in [4.78, 5) is 12.2. The molecule has 94 valence electrons. The summed E-state index contributed by atoms with van der Waals surface area (Å²) in [6.45, 7) is 4.04. The predicted octanol–water partition coefficient (Wildman–Crippen LogP) is 0.298. The smallest absolute Gasteiger partial charge is 0.323 e. The first-order valence-electron chi connectivity index (χ1n) is 5.30. The predicted molar refractivity (Wildman–Crippen MR) is 65.1 cm³/mol. The normalized spacial score (nSPS) is 10.1. The second-order valence-corrected chi connectivity index (χ2v) is 3.26. The van der Waals surface area contributed by atoms with E-state index in [4.69, 9.17) is 10.6 Å². The summed E-state index contributed by atoms with van der Waals surface area (Å²) >= 11 is 0. The molecule has 2 aromatic rings. The molecule has 18 heavy (non-hydrogen) atoms. The summed E-state index contributed by atoms with van der Waals surface area (Å²) < 4.78 is 6.85. The highest BCUT2D eigenvalue weighted by Crippen LogP contribution is 2.09. The molecule has 3 N–H and O–H groups in total. The fraction of sp³-hybridized carbons (Fsp3) is 0.200. The van der Waals surface area contributed by atoms with Crippen LogP contribution in [0.4, 0.5) is 5.95 Å². The number of rotatable bonds is 6. The monoisotopic (exact) mass is 247 g/mol. The molecular weight excluding hydrogens is 234 g/mol. The molecule has 8 nitrogen and oxygen atoms in total. The zero-order valence-electron chi connectivity index (χ0n) is 9.65. The van der Waals surface area contributed by atoms with Gasteiger partial charge in [0.25, 0.3) is 5.95 Å². The summed E-state index contributed by atoms with van der Waals surface area (Å²) in [5.74, 6) is 5.83. The zero-order chi connectivity index (χ0) is 12.8. The van der Waals surface area contributed by atoms with Crippen LogP contribution < -0.4 is 16.0 Å². The minimum atomic E-state index is 0.185. The van der Waals surface area contributed by atoms with Crippen LogP contribution in [0, 0.1) is 0 Å². The SMILES string of the molecule is C=CCCOc1nc(NN)nc(-n2cccn2)n1. The quantitative estimate of drug-likeness (QED) is 0.327. The number of ether oxygens (including phenoxy) is 1. The lowest BCUT2D eigenvalue weighted by Crippen LogP contribution is -2.15. The number of nitrogens with two attached hydrogens (primary N) is 1. The lowest BCUT2D eigenvalue weighted by atomic mass is 10.5. The third-order valence-electron chi connectivity index (χ3n) is 1.99. The maximum absolute atomic E-state index is 5.36. The topological polar surface area (TPSA) is 104 Å². The first-order chi connectivity index (χ1) is 8.83. The van der Waals surface area contributed by atoms with Crippen LogP contribution in [-0.2, 0) is 0 Å². The van der Waals surface area contributed by atoms with E-state index in [0.29, 0.717) is 19.0 Å². The van der Waals surface area contributed by atoms with E-state index in [1.807, 2.05) is 0 Å². The highest BCUT2D eigenvalue weighted by molar-refractivity contribution is 5.28. The van der Waals surface area contributed by atoms with Crippen LogP contribution in [0.2, 0.25) is 0 Å². The van der Waals surface area contributed by atoms with Gasteiger partial charge in [-0.25, -0.2) is 10.5 Å². The van der Waals surface area contributed by atoms with E-state index in [2.05, 4.69) is 32.1 Å². The zero-order valence-corrected chi connectivity index (χ0v) is 9.65. The molecule has 0 fully saturated rings. The van der Waals surface area contributed by atoms with Crippen molar-refractivity contribution in [3.63, 3.8) is 0 Å². The van der Waals surface area contributed by atoms with E-state index < -0.39 is 0 Å². The summed E-state index contributed by atoms with van der Waals surface area (Å²) in [5.41, 5.74) is 2.36. The van der Waals surface area contributed by atoms with Gasteiger partial charge in [0.15, 0.2) is 0 Å². The molecule has 0 saturated heterocycles. The number of nitrogens with zero attached hydrogens (tertiary/aromatic N) is 5. The van der Waals surface area contributed by atoms with Crippen LogP contribution in [0.15, 0.2) is 31.1 Å². The van der Waals surface area contributed by atoms with Crippen molar-refractivity contribution < 1.29 is 4.74 Å². The van der Waals surface area contributed by atoms with Crippen molar-refractivity contribution in [3.05, 3.63) is 31.1 Å². The molecular formula is C10H13N7O. The Bertz CT molecular complexity index is 511. The standard InChI is InChI=1S/C10H13N7O/c1-2-3-7-18-10-14-8(16-11)13-9(15-10)17-6-4-5-12-17/h2,4-6H,1,3,7,11H2,(H,13,14,15,16). The molecule has 0 aromatic carbocycles. The van der Waals surface area contributed by atoms with Gasteiger partial charge in [-0.3, -0.25) is 5.43 Å².